The van der Waals surface area contributed by atoms with Gasteiger partial charge in [0.2, 0.25) is 5.91 Å². The van der Waals surface area contributed by atoms with Crippen LogP contribution in [0, 0.1) is 0 Å². The van der Waals surface area contributed by atoms with E-state index in [2.05, 4.69) is 10.2 Å². The van der Waals surface area contributed by atoms with Crippen LogP contribution in [0.25, 0.3) is 0 Å². The van der Waals surface area contributed by atoms with E-state index >= 15 is 0 Å². The molecule has 0 aromatic rings. The molecule has 1 unspecified atom stereocenters. The van der Waals surface area contributed by atoms with Crippen LogP contribution in [-0.2, 0) is 9.53 Å². The molecule has 1 saturated heterocycles. The number of amides is 1. The summed E-state index contributed by atoms with van der Waals surface area (Å²) in [6, 6.07) is 1.14. The van der Waals surface area contributed by atoms with E-state index in [4.69, 9.17) is 10.5 Å². The van der Waals surface area contributed by atoms with Crippen molar-refractivity contribution in [3.63, 3.8) is 0 Å². The van der Waals surface area contributed by atoms with Crippen LogP contribution in [0.1, 0.15) is 44.9 Å². The lowest BCUT2D eigenvalue weighted by atomic mass is 10.0. The molecule has 1 heterocycles. The summed E-state index contributed by atoms with van der Waals surface area (Å²) in [6.45, 7) is 2.64. The Balaban J connectivity index is 0.00000220. The molecule has 2 rings (SSSR count). The molecule has 0 radical (unpaired) electrons. The summed E-state index contributed by atoms with van der Waals surface area (Å²) in [5.74, 6) is 0.0709. The number of hydrogen-bond acceptors (Lipinski definition) is 4. The summed E-state index contributed by atoms with van der Waals surface area (Å²) in [6.07, 6.45) is 7.86. The molecule has 2 aliphatic rings. The topological polar surface area (TPSA) is 67.6 Å². The maximum atomic E-state index is 11.9. The lowest BCUT2D eigenvalue weighted by Gasteiger charge is -2.36. The molecule has 0 spiro atoms. The number of carbonyl (C=O) groups is 1. The third-order valence-electron chi connectivity index (χ3n) is 4.75. The normalized spacial score (nSPS) is 21.7. The van der Waals surface area contributed by atoms with Gasteiger partial charge in [-0.1, -0.05) is 12.8 Å². The number of nitrogens with one attached hydrogen (secondary N) is 1. The molecular formula is C15H31Cl2N3O2. The fourth-order valence-electron chi connectivity index (χ4n) is 3.43. The number of likely N-dealkylation sites (tertiary alicyclic amines) is 1. The second kappa shape index (κ2) is 11.5. The number of methoxy groups -OCH3 is 1. The number of nitrogens with two attached hydrogens (primary N) is 1. The maximum absolute atomic E-state index is 11.9. The zero-order valence-corrected chi connectivity index (χ0v) is 15.1. The van der Waals surface area contributed by atoms with Crippen LogP contribution in [0.4, 0.5) is 0 Å². The predicted octanol–water partition coefficient (Wildman–Crippen LogP) is 1.72. The van der Waals surface area contributed by atoms with Crippen molar-refractivity contribution < 1.29 is 9.53 Å². The molecule has 1 aliphatic carbocycles. The molecule has 1 atom stereocenters. The molecule has 22 heavy (non-hydrogen) atoms. The van der Waals surface area contributed by atoms with Crippen molar-refractivity contribution in [2.75, 3.05) is 26.7 Å². The minimum absolute atomic E-state index is 0. The lowest BCUT2D eigenvalue weighted by Crippen LogP contribution is -2.48. The SMILES string of the molecule is COC(CN)CC(=O)NC1CCN(C2CCCC2)CC1.Cl.Cl. The zero-order chi connectivity index (χ0) is 14.4. The van der Waals surface area contributed by atoms with Crippen molar-refractivity contribution in [2.45, 2.75) is 63.1 Å². The maximum Gasteiger partial charge on any atom is 0.222 e. The molecule has 132 valence electrons. The van der Waals surface area contributed by atoms with Crippen molar-refractivity contribution in [2.24, 2.45) is 5.73 Å². The highest BCUT2D eigenvalue weighted by atomic mass is 35.5. The predicted molar refractivity (Wildman–Crippen MR) is 94.0 cm³/mol. The van der Waals surface area contributed by atoms with E-state index in [1.807, 2.05) is 0 Å². The van der Waals surface area contributed by atoms with Gasteiger partial charge < -0.3 is 20.7 Å². The molecule has 1 amide bonds. The van der Waals surface area contributed by atoms with Gasteiger partial charge >= 0.3 is 0 Å². The van der Waals surface area contributed by atoms with Crippen molar-refractivity contribution in [1.82, 2.24) is 10.2 Å². The van der Waals surface area contributed by atoms with Crippen LogP contribution in [0.5, 0.6) is 0 Å². The van der Waals surface area contributed by atoms with E-state index in [-0.39, 0.29) is 36.8 Å². The molecule has 1 aliphatic heterocycles. The molecule has 1 saturated carbocycles. The van der Waals surface area contributed by atoms with Crippen molar-refractivity contribution in [3.05, 3.63) is 0 Å². The van der Waals surface area contributed by atoms with Gasteiger partial charge in [-0.2, -0.15) is 0 Å². The molecule has 5 nitrogen and oxygen atoms in total. The van der Waals surface area contributed by atoms with E-state index in [0.29, 0.717) is 19.0 Å². The first-order valence-corrected chi connectivity index (χ1v) is 7.99. The van der Waals surface area contributed by atoms with Gasteiger partial charge in [0.15, 0.2) is 0 Å². The Kier molecular flexibility index (Phi) is 11.4. The van der Waals surface area contributed by atoms with E-state index in [9.17, 15) is 4.79 Å². The number of nitrogens with zero attached hydrogens (tertiary/aromatic N) is 1. The Bertz CT molecular complexity index is 303. The second-order valence-corrected chi connectivity index (χ2v) is 6.11. The molecule has 0 aromatic carbocycles. The first-order chi connectivity index (χ1) is 9.72. The Morgan fingerprint density at radius 1 is 1.23 bits per heavy atom. The lowest BCUT2D eigenvalue weighted by molar-refractivity contribution is -0.124. The minimum atomic E-state index is -0.159. The Hall–Kier alpha value is -0.0700. The number of rotatable bonds is 6. The van der Waals surface area contributed by atoms with Gasteiger partial charge in [-0.15, -0.1) is 24.8 Å². The van der Waals surface area contributed by atoms with Crippen molar-refractivity contribution in [3.8, 4) is 0 Å². The summed E-state index contributed by atoms with van der Waals surface area (Å²) < 4.78 is 5.15. The van der Waals surface area contributed by atoms with Gasteiger partial charge in [-0.05, 0) is 25.7 Å². The summed E-state index contributed by atoms with van der Waals surface area (Å²) in [7, 11) is 1.60. The summed E-state index contributed by atoms with van der Waals surface area (Å²) in [5, 5.41) is 3.13. The van der Waals surface area contributed by atoms with Gasteiger partial charge in [-0.25, -0.2) is 0 Å². The first kappa shape index (κ1) is 21.9. The first-order valence-electron chi connectivity index (χ1n) is 7.99. The number of hydrogen-bond donors (Lipinski definition) is 2. The largest absolute Gasteiger partial charge is 0.380 e. The number of halogens is 2. The number of ether oxygens (including phenoxy) is 1. The van der Waals surface area contributed by atoms with Crippen molar-refractivity contribution in [1.29, 1.82) is 0 Å². The molecular weight excluding hydrogens is 325 g/mol. The Morgan fingerprint density at radius 3 is 2.32 bits per heavy atom. The third-order valence-corrected chi connectivity index (χ3v) is 4.75. The molecule has 3 N–H and O–H groups in total. The third kappa shape index (κ3) is 6.59. The van der Waals surface area contributed by atoms with Crippen molar-refractivity contribution >= 4 is 30.7 Å². The van der Waals surface area contributed by atoms with Gasteiger partial charge in [0, 0.05) is 38.8 Å². The summed E-state index contributed by atoms with van der Waals surface area (Å²) >= 11 is 0. The average Bonchev–Trinajstić information content (AvgIpc) is 2.99. The zero-order valence-electron chi connectivity index (χ0n) is 13.5. The minimum Gasteiger partial charge on any atom is -0.380 e. The summed E-state index contributed by atoms with van der Waals surface area (Å²) in [5.41, 5.74) is 5.54. The van der Waals surface area contributed by atoms with Gasteiger partial charge in [-0.3, -0.25) is 4.79 Å². The fraction of sp³-hybridized carbons (Fsp3) is 0.933. The fourth-order valence-corrected chi connectivity index (χ4v) is 3.43. The van der Waals surface area contributed by atoms with Gasteiger partial charge in [0.25, 0.3) is 0 Å². The standard InChI is InChI=1S/C15H29N3O2.2ClH/c1-20-14(11-16)10-15(19)17-12-6-8-18(9-7-12)13-4-2-3-5-13;;/h12-14H,2-11,16H2,1H3,(H,17,19);2*1H. The summed E-state index contributed by atoms with van der Waals surface area (Å²) in [4.78, 5) is 14.5. The number of carbonyl (C=O) groups excluding carboxylic acids is 1. The molecule has 0 aromatic heterocycles. The average molecular weight is 356 g/mol. The van der Waals surface area contributed by atoms with Gasteiger partial charge in [0.05, 0.1) is 12.5 Å². The van der Waals surface area contributed by atoms with E-state index in [1.165, 1.54) is 25.7 Å². The quantitative estimate of drug-likeness (QED) is 0.761. The highest BCUT2D eigenvalue weighted by molar-refractivity contribution is 5.85. The Morgan fingerprint density at radius 2 is 1.82 bits per heavy atom. The molecule has 7 heteroatoms. The molecule has 2 fully saturated rings. The van der Waals surface area contributed by atoms with Gasteiger partial charge in [0.1, 0.15) is 0 Å². The van der Waals surface area contributed by atoms with Crippen LogP contribution >= 0.6 is 24.8 Å². The second-order valence-electron chi connectivity index (χ2n) is 6.11. The van der Waals surface area contributed by atoms with Crippen LogP contribution in [0.15, 0.2) is 0 Å². The van der Waals surface area contributed by atoms with Crippen LogP contribution < -0.4 is 11.1 Å². The van der Waals surface area contributed by atoms with E-state index in [0.717, 1.165) is 32.0 Å². The monoisotopic (exact) mass is 355 g/mol. The smallest absolute Gasteiger partial charge is 0.222 e. The Labute approximate surface area is 146 Å². The van der Waals surface area contributed by atoms with Crippen LogP contribution in [0.2, 0.25) is 0 Å². The van der Waals surface area contributed by atoms with Crippen LogP contribution in [-0.4, -0.2) is 55.7 Å². The van der Waals surface area contributed by atoms with Crippen LogP contribution in [0.3, 0.4) is 0 Å². The highest BCUT2D eigenvalue weighted by Gasteiger charge is 2.27. The number of piperidine rings is 1. The van der Waals surface area contributed by atoms with E-state index < -0.39 is 0 Å². The highest BCUT2D eigenvalue weighted by Crippen LogP contribution is 2.26. The molecule has 0 bridgehead atoms. The van der Waals surface area contributed by atoms with E-state index in [1.54, 1.807) is 7.11 Å².